The second kappa shape index (κ2) is 14.4. The molecule has 20 nitrogen and oxygen atoms in total. The lowest BCUT2D eigenvalue weighted by molar-refractivity contribution is -0.386. The number of hydrogen-bond donors (Lipinski definition) is 6. The molecule has 1 aromatic carbocycles. The molecule has 1 aliphatic rings. The highest BCUT2D eigenvalue weighted by Crippen LogP contribution is 2.66. The van der Waals surface area contributed by atoms with Crippen molar-refractivity contribution in [3.05, 3.63) is 57.9 Å². The predicted octanol–water partition coefficient (Wildman–Crippen LogP) is 3.44. The second-order valence-electron chi connectivity index (χ2n) is 10.6. The van der Waals surface area contributed by atoms with Crippen molar-refractivity contribution in [2.45, 2.75) is 51.4 Å². The molecule has 3 unspecified atom stereocenters. The van der Waals surface area contributed by atoms with Crippen LogP contribution >= 0.6 is 23.5 Å². The summed E-state index contributed by atoms with van der Waals surface area (Å²) in [5.74, 6) is 0.110. The molecule has 1 aliphatic heterocycles. The summed E-state index contributed by atoms with van der Waals surface area (Å²) in [7, 11) is -15.4. The summed E-state index contributed by atoms with van der Waals surface area (Å²) in [6, 6.07) is 6.03. The molecule has 1 fully saturated rings. The quantitative estimate of drug-likeness (QED) is 0.0742. The number of benzene rings is 1. The van der Waals surface area contributed by atoms with Gasteiger partial charge in [0.25, 0.3) is 5.69 Å². The first kappa shape index (κ1) is 37.0. The van der Waals surface area contributed by atoms with Gasteiger partial charge in [0.05, 0.1) is 49.1 Å². The number of anilines is 1. The third-order valence-electron chi connectivity index (χ3n) is 6.92. The molecule has 2 aromatic heterocycles. The van der Waals surface area contributed by atoms with Crippen molar-refractivity contribution in [3.8, 4) is 5.75 Å². The average Bonchev–Trinajstić information content (AvgIpc) is 3.50. The van der Waals surface area contributed by atoms with Crippen molar-refractivity contribution in [2.24, 2.45) is 5.92 Å². The number of nitrogen functional groups attached to an aromatic ring is 1. The van der Waals surface area contributed by atoms with Crippen LogP contribution in [0.5, 0.6) is 5.75 Å². The first-order chi connectivity index (χ1) is 21.8. The van der Waals surface area contributed by atoms with E-state index in [1.807, 2.05) is 13.8 Å². The molecule has 0 bridgehead atoms. The molecule has 0 amide bonds. The maximum Gasteiger partial charge on any atom is 0.490 e. The lowest BCUT2D eigenvalue weighted by Crippen LogP contribution is -2.26. The van der Waals surface area contributed by atoms with E-state index < -0.39 is 59.5 Å². The molecule has 3 aromatic rings. The Labute approximate surface area is 266 Å². The van der Waals surface area contributed by atoms with Gasteiger partial charge in [-0.1, -0.05) is 13.8 Å². The predicted molar refractivity (Wildman–Crippen MR) is 161 cm³/mol. The molecule has 0 aliphatic carbocycles. The van der Waals surface area contributed by atoms with E-state index >= 15 is 0 Å². The zero-order chi connectivity index (χ0) is 34.9. The van der Waals surface area contributed by atoms with E-state index in [1.165, 1.54) is 19.4 Å². The fourth-order valence-corrected chi connectivity index (χ4v) is 8.02. The number of aliphatic hydroxyl groups is 1. The Morgan fingerprint density at radius 1 is 1.15 bits per heavy atom. The summed E-state index contributed by atoms with van der Waals surface area (Å²) >= 11 is 0. The number of nitrogens with two attached hydrogens (primary N) is 1. The number of ether oxygens (including phenoxy) is 3. The number of aliphatic hydroxyl groups excluding tert-OH is 1. The zero-order valence-electron chi connectivity index (χ0n) is 25.0. The number of methoxy groups -OCH3 is 1. The van der Waals surface area contributed by atoms with Gasteiger partial charge < -0.3 is 49.2 Å². The number of nitrogens with zero attached hydrogens (tertiary/aromatic N) is 3. The summed E-state index contributed by atoms with van der Waals surface area (Å²) in [6.07, 6.45) is -1.28. The summed E-state index contributed by atoms with van der Waals surface area (Å²) in [6.45, 7) is 2.75. The molecule has 23 heteroatoms. The van der Waals surface area contributed by atoms with E-state index in [9.17, 15) is 38.7 Å². The van der Waals surface area contributed by atoms with Gasteiger partial charge in [-0.15, -0.1) is 0 Å². The number of aromatic nitrogens is 2. The van der Waals surface area contributed by atoms with Crippen molar-refractivity contribution < 1.29 is 70.7 Å². The number of fused-ring (bicyclic) bond motifs is 1. The third-order valence-corrected chi connectivity index (χ3v) is 10.7. The molecule has 0 saturated carbocycles. The highest BCUT2D eigenvalue weighted by Gasteiger charge is 2.43. The van der Waals surface area contributed by atoms with Crippen molar-refractivity contribution in [1.29, 1.82) is 0 Å². The van der Waals surface area contributed by atoms with E-state index in [0.29, 0.717) is 33.6 Å². The van der Waals surface area contributed by atoms with E-state index in [1.54, 1.807) is 29.0 Å². The van der Waals surface area contributed by atoms with Gasteiger partial charge in [-0.2, -0.15) is 8.62 Å². The lowest BCUT2D eigenvalue weighted by atomic mass is 9.97. The van der Waals surface area contributed by atoms with Gasteiger partial charge in [0.1, 0.15) is 23.7 Å². The lowest BCUT2D eigenvalue weighted by Gasteiger charge is -2.22. The first-order valence-electron chi connectivity index (χ1n) is 13.6. The Hall–Kier alpha value is -2.80. The Bertz CT molecular complexity index is 1760. The van der Waals surface area contributed by atoms with Gasteiger partial charge >= 0.3 is 23.5 Å². The molecule has 0 radical (unpaired) electrons. The highest BCUT2D eigenvalue weighted by molar-refractivity contribution is 7.66. The molecular weight excluding hydrogens is 693 g/mol. The van der Waals surface area contributed by atoms with E-state index in [2.05, 4.69) is 18.1 Å². The topological polar surface area (TPSA) is 295 Å². The van der Waals surface area contributed by atoms with Crippen LogP contribution in [0, 0.1) is 16.0 Å². The summed E-state index contributed by atoms with van der Waals surface area (Å²) < 4.78 is 65.3. The second-order valence-corrected chi connectivity index (χ2v) is 15.1. The fraction of sp³-hybridized carbons (Fsp3) is 0.458. The van der Waals surface area contributed by atoms with Gasteiger partial charge in [0, 0.05) is 35.5 Å². The molecule has 260 valence electrons. The molecular formula is C24H33N4O16P3. The van der Waals surface area contributed by atoms with Crippen molar-refractivity contribution in [3.63, 3.8) is 0 Å². The molecule has 0 spiro atoms. The Morgan fingerprint density at radius 2 is 1.85 bits per heavy atom. The van der Waals surface area contributed by atoms with Crippen molar-refractivity contribution >= 4 is 45.9 Å². The molecule has 7 N–H and O–H groups in total. The molecule has 6 atom stereocenters. The Morgan fingerprint density at radius 3 is 2.47 bits per heavy atom. The summed E-state index contributed by atoms with van der Waals surface area (Å²) in [4.78, 5) is 52.2. The maximum absolute atomic E-state index is 12.1. The fourth-order valence-electron chi connectivity index (χ4n) is 4.99. The minimum Gasteiger partial charge on any atom is -0.497 e. The smallest absolute Gasteiger partial charge is 0.490 e. The van der Waals surface area contributed by atoms with Crippen LogP contribution < -0.4 is 10.5 Å². The molecule has 1 saturated heterocycles. The van der Waals surface area contributed by atoms with Crippen LogP contribution in [0.3, 0.4) is 0 Å². The van der Waals surface area contributed by atoms with E-state index in [-0.39, 0.29) is 24.6 Å². The van der Waals surface area contributed by atoms with Crippen molar-refractivity contribution in [2.75, 3.05) is 19.5 Å². The molecule has 4 rings (SSSR count). The maximum atomic E-state index is 12.1. The largest absolute Gasteiger partial charge is 0.497 e. The first-order valence-corrected chi connectivity index (χ1v) is 18.1. The van der Waals surface area contributed by atoms with Crippen LogP contribution in [-0.4, -0.2) is 65.1 Å². The number of phosphoric ester groups is 1. The van der Waals surface area contributed by atoms with E-state index in [4.69, 9.17) is 29.7 Å². The number of nitro benzene ring substituents is 1. The van der Waals surface area contributed by atoms with E-state index in [0.717, 1.165) is 0 Å². The highest BCUT2D eigenvalue weighted by atomic mass is 31.3. The van der Waals surface area contributed by atoms with Gasteiger partial charge in [-0.25, -0.2) is 18.7 Å². The Kier molecular flexibility index (Phi) is 11.3. The van der Waals surface area contributed by atoms with Gasteiger partial charge in [-0.3, -0.25) is 14.6 Å². The van der Waals surface area contributed by atoms with Crippen LogP contribution in [-0.2, 0) is 42.9 Å². The average molecular weight is 726 g/mol. The SMILES string of the molecule is COc1ccc(C(OCc2cn([C@H]3C[C@@H](O)[C@@H](COP(=O)(O)OP(=O)(O)OP(=O)(O)O)O3)c3nccc(N)c23)C(C)C)c([N+](=O)[O-])c1. The number of hydrogen-bond acceptors (Lipinski definition) is 14. The van der Waals surface area contributed by atoms with Gasteiger partial charge in [-0.05, 0) is 24.1 Å². The van der Waals surface area contributed by atoms with Crippen LogP contribution in [0.25, 0.3) is 11.0 Å². The summed E-state index contributed by atoms with van der Waals surface area (Å²) in [5, 5.41) is 22.9. The Balaban J connectivity index is 1.54. The summed E-state index contributed by atoms with van der Waals surface area (Å²) in [5.41, 5.74) is 7.62. The normalized spacial score (nSPS) is 21.9. The van der Waals surface area contributed by atoms with Crippen LogP contribution in [0.4, 0.5) is 11.4 Å². The van der Waals surface area contributed by atoms with Gasteiger partial charge in [0.2, 0.25) is 0 Å². The third kappa shape index (κ3) is 9.22. The number of pyridine rings is 1. The van der Waals surface area contributed by atoms with Crippen LogP contribution in [0.15, 0.2) is 36.7 Å². The van der Waals surface area contributed by atoms with Crippen LogP contribution in [0.1, 0.15) is 43.7 Å². The molecule has 47 heavy (non-hydrogen) atoms. The molecule has 3 heterocycles. The minimum absolute atomic E-state index is 0.0732. The van der Waals surface area contributed by atoms with Gasteiger partial charge in [0.15, 0.2) is 0 Å². The standard InChI is InChI=1S/C24H33N4O16P3/c1-13(2)23(16-5-4-15(39-3)8-18(16)28(30)31)40-11-14-10-27(24-22(14)17(25)6-7-26-24)21-9-19(29)20(42-21)12-41-46(35,36)44-47(37,38)43-45(32,33)34/h4-8,10,13,19-21,23,29H,9,11-12H2,1-3H3,(H2,25,26)(H,35,36)(H,37,38)(H2,32,33,34)/t19-,20-,21-,23?/m1/s1. The zero-order valence-corrected chi connectivity index (χ0v) is 27.6. The minimum atomic E-state index is -5.73. The number of rotatable bonds is 15. The van der Waals surface area contributed by atoms with Crippen molar-refractivity contribution in [1.82, 2.24) is 9.55 Å². The number of phosphoric acid groups is 3. The monoisotopic (exact) mass is 726 g/mol. The number of nitro groups is 1. The van der Waals surface area contributed by atoms with Crippen LogP contribution in [0.2, 0.25) is 0 Å².